The number of hydrogen-bond donors (Lipinski definition) is 1. The third kappa shape index (κ3) is 2.94. The molecule has 20 heavy (non-hydrogen) atoms. The number of carbonyl (C=O) groups is 1. The summed E-state index contributed by atoms with van der Waals surface area (Å²) in [4.78, 5) is 16.3. The van der Waals surface area contributed by atoms with Crippen LogP contribution in [-0.2, 0) is 9.53 Å². The van der Waals surface area contributed by atoms with Crippen LogP contribution in [0.3, 0.4) is 0 Å². The molecule has 0 spiro atoms. The molecule has 1 aromatic carbocycles. The van der Waals surface area contributed by atoms with Gasteiger partial charge in [-0.15, -0.1) is 0 Å². The maximum absolute atomic E-state index is 12.3. The Morgan fingerprint density at radius 1 is 1.25 bits per heavy atom. The van der Waals surface area contributed by atoms with E-state index >= 15 is 0 Å². The molecule has 5 heteroatoms. The van der Waals surface area contributed by atoms with Gasteiger partial charge in [-0.2, -0.15) is 0 Å². The van der Waals surface area contributed by atoms with Crippen molar-refractivity contribution in [3.05, 3.63) is 30.3 Å². The van der Waals surface area contributed by atoms with E-state index in [1.807, 2.05) is 42.3 Å². The highest BCUT2D eigenvalue weighted by Gasteiger charge is 2.36. The molecule has 1 unspecified atom stereocenters. The first kappa shape index (κ1) is 13.4. The summed E-state index contributed by atoms with van der Waals surface area (Å²) in [6.45, 7) is 3.77. The molecular weight excluding hydrogens is 254 g/mol. The van der Waals surface area contributed by atoms with E-state index in [0.29, 0.717) is 19.2 Å². The second-order valence-corrected chi connectivity index (χ2v) is 5.57. The number of para-hydroxylation sites is 1. The van der Waals surface area contributed by atoms with E-state index < -0.39 is 0 Å². The topological polar surface area (TPSA) is 44.8 Å². The molecule has 1 amide bonds. The molecule has 0 bridgehead atoms. The fourth-order valence-electron chi connectivity index (χ4n) is 2.65. The lowest BCUT2D eigenvalue weighted by Crippen LogP contribution is -2.61. The lowest BCUT2D eigenvalue weighted by molar-refractivity contribution is -0.152. The van der Waals surface area contributed by atoms with Gasteiger partial charge in [0.2, 0.25) is 0 Å². The Hall–Kier alpha value is -1.59. The molecule has 2 aliphatic heterocycles. The minimum atomic E-state index is -0.286. The van der Waals surface area contributed by atoms with Gasteiger partial charge in [-0.1, -0.05) is 18.2 Å². The van der Waals surface area contributed by atoms with Gasteiger partial charge in [0.1, 0.15) is 6.10 Å². The Morgan fingerprint density at radius 2 is 2.00 bits per heavy atom. The number of morpholine rings is 1. The van der Waals surface area contributed by atoms with Crippen LogP contribution in [0.25, 0.3) is 0 Å². The number of rotatable bonds is 3. The monoisotopic (exact) mass is 275 g/mol. The average molecular weight is 275 g/mol. The number of nitrogens with one attached hydrogen (secondary N) is 1. The number of amides is 1. The van der Waals surface area contributed by atoms with Crippen molar-refractivity contribution in [2.75, 3.05) is 45.2 Å². The number of likely N-dealkylation sites (tertiary alicyclic amines) is 1. The van der Waals surface area contributed by atoms with Crippen LogP contribution in [0.15, 0.2) is 30.3 Å². The Morgan fingerprint density at radius 3 is 2.70 bits per heavy atom. The fourth-order valence-corrected chi connectivity index (χ4v) is 2.65. The van der Waals surface area contributed by atoms with E-state index in [1.165, 1.54) is 0 Å². The summed E-state index contributed by atoms with van der Waals surface area (Å²) < 4.78 is 5.57. The van der Waals surface area contributed by atoms with Crippen LogP contribution in [0.2, 0.25) is 0 Å². The third-order valence-electron chi connectivity index (χ3n) is 3.88. The minimum absolute atomic E-state index is 0.127. The predicted octanol–water partition coefficient (Wildman–Crippen LogP) is 0.640. The normalized spacial score (nSPS) is 24.2. The van der Waals surface area contributed by atoms with Gasteiger partial charge in [0.25, 0.3) is 5.91 Å². The smallest absolute Gasteiger partial charge is 0.253 e. The van der Waals surface area contributed by atoms with Crippen molar-refractivity contribution in [1.82, 2.24) is 9.80 Å². The fraction of sp³-hybridized carbons (Fsp3) is 0.533. The molecule has 2 heterocycles. The zero-order valence-electron chi connectivity index (χ0n) is 11.8. The summed E-state index contributed by atoms with van der Waals surface area (Å²) in [5.74, 6) is 0.127. The van der Waals surface area contributed by atoms with Crippen molar-refractivity contribution in [3.8, 4) is 0 Å². The highest BCUT2D eigenvalue weighted by atomic mass is 16.5. The van der Waals surface area contributed by atoms with Crippen molar-refractivity contribution in [2.45, 2.75) is 12.1 Å². The lowest BCUT2D eigenvalue weighted by Gasteiger charge is -2.42. The molecule has 3 rings (SSSR count). The van der Waals surface area contributed by atoms with Gasteiger partial charge in [-0.3, -0.25) is 4.79 Å². The molecule has 0 saturated carbocycles. The van der Waals surface area contributed by atoms with E-state index in [-0.39, 0.29) is 12.0 Å². The maximum Gasteiger partial charge on any atom is 0.253 e. The van der Waals surface area contributed by atoms with Crippen LogP contribution in [-0.4, -0.2) is 67.7 Å². The highest BCUT2D eigenvalue weighted by molar-refractivity contribution is 5.82. The van der Waals surface area contributed by atoms with E-state index in [9.17, 15) is 4.79 Å². The molecule has 108 valence electrons. The van der Waals surface area contributed by atoms with Crippen LogP contribution in [0, 0.1) is 0 Å². The summed E-state index contributed by atoms with van der Waals surface area (Å²) in [7, 11) is 2.03. The van der Waals surface area contributed by atoms with Crippen molar-refractivity contribution in [1.29, 1.82) is 0 Å². The molecule has 2 aliphatic rings. The molecular formula is C15H21N3O2. The van der Waals surface area contributed by atoms with Gasteiger partial charge in [-0.05, 0) is 19.2 Å². The highest BCUT2D eigenvalue weighted by Crippen LogP contribution is 2.17. The van der Waals surface area contributed by atoms with Gasteiger partial charge in [0, 0.05) is 31.9 Å². The van der Waals surface area contributed by atoms with Crippen LogP contribution in [0.5, 0.6) is 0 Å². The Kier molecular flexibility index (Phi) is 3.89. The first-order chi connectivity index (χ1) is 9.72. The second kappa shape index (κ2) is 5.81. The first-order valence-electron chi connectivity index (χ1n) is 7.13. The largest absolute Gasteiger partial charge is 0.379 e. The number of hydrogen-bond acceptors (Lipinski definition) is 4. The summed E-state index contributed by atoms with van der Waals surface area (Å²) in [5.41, 5.74) is 1.11. The van der Waals surface area contributed by atoms with Gasteiger partial charge in [-0.25, -0.2) is 0 Å². The summed E-state index contributed by atoms with van der Waals surface area (Å²) in [6.07, 6.45) is -0.286. The van der Waals surface area contributed by atoms with Gasteiger partial charge in [0.15, 0.2) is 0 Å². The minimum Gasteiger partial charge on any atom is -0.379 e. The molecule has 5 nitrogen and oxygen atoms in total. The predicted molar refractivity (Wildman–Crippen MR) is 77.7 cm³/mol. The van der Waals surface area contributed by atoms with E-state index in [0.717, 1.165) is 25.3 Å². The van der Waals surface area contributed by atoms with Crippen molar-refractivity contribution in [2.24, 2.45) is 0 Å². The number of ether oxygens (including phenoxy) is 1. The van der Waals surface area contributed by atoms with Crippen LogP contribution < -0.4 is 5.32 Å². The van der Waals surface area contributed by atoms with Crippen LogP contribution in [0.4, 0.5) is 5.69 Å². The number of nitrogens with zero attached hydrogens (tertiary/aromatic N) is 2. The Labute approximate surface area is 119 Å². The molecule has 2 saturated heterocycles. The van der Waals surface area contributed by atoms with E-state index in [4.69, 9.17) is 4.74 Å². The van der Waals surface area contributed by atoms with E-state index in [1.54, 1.807) is 0 Å². The summed E-state index contributed by atoms with van der Waals surface area (Å²) >= 11 is 0. The molecule has 1 aromatic rings. The average Bonchev–Trinajstić information content (AvgIpc) is 2.43. The van der Waals surface area contributed by atoms with Crippen molar-refractivity contribution < 1.29 is 9.53 Å². The number of likely N-dealkylation sites (N-methyl/N-ethyl adjacent to an activating group) is 1. The zero-order valence-corrected chi connectivity index (χ0v) is 11.8. The Balaban J connectivity index is 1.46. The molecule has 1 atom stereocenters. The maximum atomic E-state index is 12.3. The quantitative estimate of drug-likeness (QED) is 0.879. The SMILES string of the molecule is CN1CCOC(C(=O)N2CC(Nc3ccccc3)C2)C1. The molecule has 2 fully saturated rings. The molecule has 1 N–H and O–H groups in total. The lowest BCUT2D eigenvalue weighted by atomic mass is 10.1. The number of carbonyl (C=O) groups excluding carboxylic acids is 1. The van der Waals surface area contributed by atoms with Gasteiger partial charge in [0.05, 0.1) is 12.6 Å². The molecule has 0 aromatic heterocycles. The van der Waals surface area contributed by atoms with Crippen molar-refractivity contribution in [3.63, 3.8) is 0 Å². The summed E-state index contributed by atoms with van der Waals surface area (Å²) in [5, 5.41) is 3.43. The zero-order chi connectivity index (χ0) is 13.9. The Bertz CT molecular complexity index is 459. The van der Waals surface area contributed by atoms with Crippen LogP contribution in [0.1, 0.15) is 0 Å². The standard InChI is InChI=1S/C15H21N3O2/c1-17-7-8-20-14(11-17)15(19)18-9-13(10-18)16-12-5-3-2-4-6-12/h2-6,13-14,16H,7-11H2,1H3. The number of anilines is 1. The van der Waals surface area contributed by atoms with Gasteiger partial charge >= 0.3 is 0 Å². The van der Waals surface area contributed by atoms with Crippen LogP contribution >= 0.6 is 0 Å². The van der Waals surface area contributed by atoms with E-state index in [2.05, 4.69) is 10.2 Å². The third-order valence-corrected chi connectivity index (χ3v) is 3.88. The number of benzene rings is 1. The van der Waals surface area contributed by atoms with Gasteiger partial charge < -0.3 is 19.9 Å². The molecule has 0 aliphatic carbocycles. The first-order valence-corrected chi connectivity index (χ1v) is 7.13. The molecule has 0 radical (unpaired) electrons. The summed E-state index contributed by atoms with van der Waals surface area (Å²) in [6, 6.07) is 10.5. The second-order valence-electron chi connectivity index (χ2n) is 5.57. The van der Waals surface area contributed by atoms with Crippen molar-refractivity contribution >= 4 is 11.6 Å².